The third-order valence-electron chi connectivity index (χ3n) is 3.89. The van der Waals surface area contributed by atoms with Crippen LogP contribution >= 0.6 is 22.9 Å². The minimum Gasteiger partial charge on any atom is -0.451 e. The first kappa shape index (κ1) is 17.6. The Balaban J connectivity index is 1.94. The number of nitrogens with zero attached hydrogens (tertiary/aromatic N) is 1. The quantitative estimate of drug-likeness (QED) is 0.687. The van der Waals surface area contributed by atoms with Gasteiger partial charge in [-0.05, 0) is 38.5 Å². The van der Waals surface area contributed by atoms with Gasteiger partial charge in [0.05, 0.1) is 10.4 Å². The standard InChI is InChI=1S/C17H14ClFN2O3S/c1-7-9(3)25-16-12(7)15(22)20-14(21-16)8(2)24-17(23)13-10(18)5-4-6-11(13)19/h4-6,8H,1-3H3,(H,20,21,22)/t8-/m0/s1. The number of hydrogen-bond acceptors (Lipinski definition) is 5. The van der Waals surface area contributed by atoms with Crippen molar-refractivity contribution in [2.24, 2.45) is 0 Å². The van der Waals surface area contributed by atoms with Crippen molar-refractivity contribution >= 4 is 39.1 Å². The van der Waals surface area contributed by atoms with Gasteiger partial charge in [0.2, 0.25) is 0 Å². The second-order valence-corrected chi connectivity index (χ2v) is 7.17. The molecule has 2 aromatic heterocycles. The highest BCUT2D eigenvalue weighted by molar-refractivity contribution is 7.18. The number of hydrogen-bond donors (Lipinski definition) is 1. The third-order valence-corrected chi connectivity index (χ3v) is 5.31. The normalized spacial score (nSPS) is 12.4. The van der Waals surface area contributed by atoms with Crippen LogP contribution in [-0.4, -0.2) is 15.9 Å². The van der Waals surface area contributed by atoms with Crippen molar-refractivity contribution in [2.45, 2.75) is 26.9 Å². The number of esters is 1. The topological polar surface area (TPSA) is 72.0 Å². The summed E-state index contributed by atoms with van der Waals surface area (Å²) in [5, 5.41) is 0.487. The molecule has 0 spiro atoms. The van der Waals surface area contributed by atoms with Gasteiger partial charge >= 0.3 is 5.97 Å². The summed E-state index contributed by atoms with van der Waals surface area (Å²) in [6, 6.07) is 3.91. The van der Waals surface area contributed by atoms with Gasteiger partial charge in [0.15, 0.2) is 11.9 Å². The number of thiophene rings is 1. The molecule has 1 aromatic carbocycles. The molecule has 5 nitrogen and oxygen atoms in total. The molecule has 0 unspecified atom stereocenters. The first-order chi connectivity index (χ1) is 11.8. The molecule has 25 heavy (non-hydrogen) atoms. The van der Waals surface area contributed by atoms with Crippen LogP contribution < -0.4 is 5.56 Å². The molecular weight excluding hydrogens is 367 g/mol. The van der Waals surface area contributed by atoms with Crippen LogP contribution in [0.3, 0.4) is 0 Å². The van der Waals surface area contributed by atoms with E-state index in [-0.39, 0.29) is 22.0 Å². The predicted octanol–water partition coefficient (Wildman–Crippen LogP) is 4.31. The van der Waals surface area contributed by atoms with Gasteiger partial charge in [-0.1, -0.05) is 17.7 Å². The van der Waals surface area contributed by atoms with E-state index in [0.717, 1.165) is 16.5 Å². The number of carbonyl (C=O) groups is 1. The van der Waals surface area contributed by atoms with E-state index < -0.39 is 17.9 Å². The van der Waals surface area contributed by atoms with Crippen molar-refractivity contribution in [3.05, 3.63) is 61.2 Å². The van der Waals surface area contributed by atoms with E-state index in [1.807, 2.05) is 13.8 Å². The monoisotopic (exact) mass is 380 g/mol. The Kier molecular flexibility index (Phi) is 4.62. The first-order valence-corrected chi connectivity index (χ1v) is 8.64. The molecule has 130 valence electrons. The molecule has 0 aliphatic heterocycles. The van der Waals surface area contributed by atoms with Gasteiger partial charge in [-0.15, -0.1) is 11.3 Å². The Morgan fingerprint density at radius 2 is 2.12 bits per heavy atom. The zero-order valence-corrected chi connectivity index (χ0v) is 15.2. The summed E-state index contributed by atoms with van der Waals surface area (Å²) in [6.45, 7) is 5.31. The number of nitrogens with one attached hydrogen (secondary N) is 1. The number of carbonyl (C=O) groups excluding carboxylic acids is 1. The highest BCUT2D eigenvalue weighted by atomic mass is 35.5. The van der Waals surface area contributed by atoms with E-state index in [1.165, 1.54) is 23.5 Å². The van der Waals surface area contributed by atoms with Crippen molar-refractivity contribution in [2.75, 3.05) is 0 Å². The largest absolute Gasteiger partial charge is 0.451 e. The summed E-state index contributed by atoms with van der Waals surface area (Å²) in [6.07, 6.45) is -0.872. The van der Waals surface area contributed by atoms with Crippen LogP contribution in [0.15, 0.2) is 23.0 Å². The van der Waals surface area contributed by atoms with E-state index in [9.17, 15) is 14.0 Å². The van der Waals surface area contributed by atoms with Gasteiger partial charge in [-0.25, -0.2) is 14.2 Å². The lowest BCUT2D eigenvalue weighted by Crippen LogP contribution is -2.18. The first-order valence-electron chi connectivity index (χ1n) is 7.44. The van der Waals surface area contributed by atoms with Gasteiger partial charge in [0, 0.05) is 4.88 Å². The molecule has 0 radical (unpaired) electrons. The van der Waals surface area contributed by atoms with Gasteiger partial charge in [0.1, 0.15) is 16.2 Å². The molecule has 3 rings (SSSR count). The molecule has 0 amide bonds. The number of aromatic nitrogens is 2. The number of benzene rings is 1. The molecule has 1 atom stereocenters. The molecular formula is C17H14ClFN2O3S. The Labute approximate surface area is 151 Å². The van der Waals surface area contributed by atoms with Crippen LogP contribution in [0.25, 0.3) is 10.2 Å². The minimum atomic E-state index is -0.920. The summed E-state index contributed by atoms with van der Waals surface area (Å²) in [5.41, 5.74) is 0.235. The number of aryl methyl sites for hydroxylation is 2. The molecule has 0 aliphatic carbocycles. The third kappa shape index (κ3) is 3.17. The fourth-order valence-corrected chi connectivity index (χ4v) is 3.71. The van der Waals surface area contributed by atoms with Crippen LogP contribution in [0.4, 0.5) is 4.39 Å². The van der Waals surface area contributed by atoms with Crippen molar-refractivity contribution in [3.8, 4) is 0 Å². The zero-order valence-electron chi connectivity index (χ0n) is 13.6. The van der Waals surface area contributed by atoms with Gasteiger partial charge in [-0.2, -0.15) is 0 Å². The fraction of sp³-hybridized carbons (Fsp3) is 0.235. The van der Waals surface area contributed by atoms with Gasteiger partial charge in [-0.3, -0.25) is 4.79 Å². The lowest BCUT2D eigenvalue weighted by Gasteiger charge is -2.13. The molecule has 0 saturated heterocycles. The van der Waals surface area contributed by atoms with Crippen LogP contribution in [0, 0.1) is 19.7 Å². The van der Waals surface area contributed by atoms with Crippen LogP contribution in [-0.2, 0) is 4.74 Å². The zero-order chi connectivity index (χ0) is 18.3. The average Bonchev–Trinajstić information content (AvgIpc) is 2.82. The summed E-state index contributed by atoms with van der Waals surface area (Å²) in [5.74, 6) is -1.50. The van der Waals surface area contributed by atoms with Crippen LogP contribution in [0.2, 0.25) is 5.02 Å². The van der Waals surface area contributed by atoms with E-state index in [4.69, 9.17) is 16.3 Å². The second kappa shape index (κ2) is 6.57. The van der Waals surface area contributed by atoms with E-state index in [2.05, 4.69) is 9.97 Å². The number of fused-ring (bicyclic) bond motifs is 1. The Bertz CT molecular complexity index is 1020. The van der Waals surface area contributed by atoms with E-state index in [1.54, 1.807) is 6.92 Å². The fourth-order valence-electron chi connectivity index (χ4n) is 2.43. The Morgan fingerprint density at radius 1 is 1.40 bits per heavy atom. The smallest absolute Gasteiger partial charge is 0.343 e. The average molecular weight is 381 g/mol. The molecule has 2 heterocycles. The number of ether oxygens (including phenoxy) is 1. The van der Waals surface area contributed by atoms with Gasteiger partial charge < -0.3 is 9.72 Å². The van der Waals surface area contributed by atoms with E-state index >= 15 is 0 Å². The molecule has 1 N–H and O–H groups in total. The maximum Gasteiger partial charge on any atom is 0.343 e. The van der Waals surface area contributed by atoms with Crippen molar-refractivity contribution in [1.82, 2.24) is 9.97 Å². The molecule has 0 fully saturated rings. The summed E-state index contributed by atoms with van der Waals surface area (Å²) in [4.78, 5) is 33.1. The number of halogens is 2. The summed E-state index contributed by atoms with van der Waals surface area (Å²) < 4.78 is 19.0. The minimum absolute atomic E-state index is 0.0430. The van der Waals surface area contributed by atoms with Crippen molar-refractivity contribution in [3.63, 3.8) is 0 Å². The van der Waals surface area contributed by atoms with Crippen LogP contribution in [0.1, 0.15) is 39.7 Å². The van der Waals surface area contributed by atoms with Crippen molar-refractivity contribution in [1.29, 1.82) is 0 Å². The predicted molar refractivity (Wildman–Crippen MR) is 95.0 cm³/mol. The summed E-state index contributed by atoms with van der Waals surface area (Å²) in [7, 11) is 0. The van der Waals surface area contributed by atoms with Crippen molar-refractivity contribution < 1.29 is 13.9 Å². The number of H-pyrrole nitrogens is 1. The molecule has 0 aliphatic rings. The maximum atomic E-state index is 13.8. The van der Waals surface area contributed by atoms with E-state index in [0.29, 0.717) is 10.2 Å². The lowest BCUT2D eigenvalue weighted by atomic mass is 10.2. The molecule has 0 bridgehead atoms. The highest BCUT2D eigenvalue weighted by Gasteiger charge is 2.22. The maximum absolute atomic E-state index is 13.8. The SMILES string of the molecule is Cc1sc2nc([C@H](C)OC(=O)c3c(F)cccc3Cl)[nH]c(=O)c2c1C. The Morgan fingerprint density at radius 3 is 2.80 bits per heavy atom. The molecule has 8 heteroatoms. The highest BCUT2D eigenvalue weighted by Crippen LogP contribution is 2.27. The number of rotatable bonds is 3. The number of aromatic amines is 1. The molecule has 0 saturated carbocycles. The van der Waals surface area contributed by atoms with Crippen LogP contribution in [0.5, 0.6) is 0 Å². The lowest BCUT2D eigenvalue weighted by molar-refractivity contribution is 0.0315. The Hall–Kier alpha value is -2.25. The molecule has 3 aromatic rings. The summed E-state index contributed by atoms with van der Waals surface area (Å²) >= 11 is 7.26. The second-order valence-electron chi connectivity index (χ2n) is 5.56. The van der Waals surface area contributed by atoms with Gasteiger partial charge in [0.25, 0.3) is 5.56 Å².